The van der Waals surface area contributed by atoms with E-state index in [1.165, 1.54) is 22.3 Å². The largest absolute Gasteiger partial charge is 0.497 e. The summed E-state index contributed by atoms with van der Waals surface area (Å²) >= 11 is 0. The maximum Gasteiger partial charge on any atom is 0.118 e. The highest BCUT2D eigenvalue weighted by Crippen LogP contribution is 2.22. The molecule has 0 aromatic heterocycles. The summed E-state index contributed by atoms with van der Waals surface area (Å²) < 4.78 is 10.5. The summed E-state index contributed by atoms with van der Waals surface area (Å²) in [5, 5.41) is 0. The van der Waals surface area contributed by atoms with Crippen LogP contribution in [0.15, 0.2) is 84.9 Å². The minimum Gasteiger partial charge on any atom is -0.497 e. The van der Waals surface area contributed by atoms with Gasteiger partial charge in [0, 0.05) is 22.3 Å². The van der Waals surface area contributed by atoms with Gasteiger partial charge in [0.05, 0.1) is 14.2 Å². The molecule has 2 nitrogen and oxygen atoms in total. The number of methoxy groups -OCH3 is 2. The van der Waals surface area contributed by atoms with E-state index in [0.29, 0.717) is 0 Å². The number of hydrogen-bond donors (Lipinski definition) is 0. The number of benzene rings is 4. The molecule has 0 N–H and O–H groups in total. The van der Waals surface area contributed by atoms with Crippen molar-refractivity contribution in [3.63, 3.8) is 0 Å². The Morgan fingerprint density at radius 3 is 1.28 bits per heavy atom. The summed E-state index contributed by atoms with van der Waals surface area (Å²) in [6.45, 7) is 0. The monoisotopic (exact) mass is 468 g/mol. The molecule has 0 radical (unpaired) electrons. The van der Waals surface area contributed by atoms with E-state index in [9.17, 15) is 0 Å². The van der Waals surface area contributed by atoms with Crippen molar-refractivity contribution in [3.8, 4) is 35.2 Å². The second-order valence-electron chi connectivity index (χ2n) is 8.94. The van der Waals surface area contributed by atoms with Crippen LogP contribution in [-0.4, -0.2) is 14.2 Å². The second-order valence-corrected chi connectivity index (χ2v) is 8.94. The molecule has 0 aliphatic heterocycles. The third-order valence-corrected chi connectivity index (χ3v) is 6.58. The molecule has 0 saturated carbocycles. The molecule has 4 bridgehead atoms. The van der Waals surface area contributed by atoms with Gasteiger partial charge in [-0.2, -0.15) is 0 Å². The Morgan fingerprint density at radius 1 is 0.472 bits per heavy atom. The maximum atomic E-state index is 5.26. The normalized spacial score (nSPS) is 11.8. The van der Waals surface area contributed by atoms with E-state index >= 15 is 0 Å². The lowest BCUT2D eigenvalue weighted by Gasteiger charge is -2.13. The van der Waals surface area contributed by atoms with Crippen molar-refractivity contribution in [1.82, 2.24) is 0 Å². The standard InChI is InChI=1S/C34H28O2/c1-35-33-19-9-25(10-20-33)5-15-31-23-27-3-4-28-8-14-30(18-17-29(31)13-7-27)32(24-28)16-6-26-11-21-34(36-2)22-12-26/h7-14,19-24H,3-4,17-18H2,1-2H3. The molecule has 2 heteroatoms. The smallest absolute Gasteiger partial charge is 0.118 e. The predicted molar refractivity (Wildman–Crippen MR) is 146 cm³/mol. The van der Waals surface area contributed by atoms with Crippen LogP contribution in [0.5, 0.6) is 11.5 Å². The van der Waals surface area contributed by atoms with Crippen LogP contribution in [0.3, 0.4) is 0 Å². The molecule has 0 amide bonds. The van der Waals surface area contributed by atoms with Gasteiger partial charge in [0.1, 0.15) is 11.5 Å². The Hall–Kier alpha value is -4.40. The molecular formula is C34H28O2. The van der Waals surface area contributed by atoms with Crippen LogP contribution in [0.4, 0.5) is 0 Å². The summed E-state index contributed by atoms with van der Waals surface area (Å²) in [6, 6.07) is 29.4. The summed E-state index contributed by atoms with van der Waals surface area (Å²) in [5.74, 6) is 15.3. The van der Waals surface area contributed by atoms with E-state index in [-0.39, 0.29) is 0 Å². The zero-order chi connectivity index (χ0) is 24.7. The van der Waals surface area contributed by atoms with Crippen LogP contribution in [-0.2, 0) is 25.7 Å². The minimum absolute atomic E-state index is 0.842. The highest BCUT2D eigenvalue weighted by molar-refractivity contribution is 5.52. The van der Waals surface area contributed by atoms with Crippen LogP contribution in [0, 0.1) is 23.7 Å². The lowest BCUT2D eigenvalue weighted by Crippen LogP contribution is -2.02. The van der Waals surface area contributed by atoms with Crippen LogP contribution in [0.1, 0.15) is 44.5 Å². The fourth-order valence-electron chi connectivity index (χ4n) is 4.41. The fraction of sp³-hybridized carbons (Fsp3) is 0.176. The van der Waals surface area contributed by atoms with Crippen molar-refractivity contribution >= 4 is 0 Å². The summed E-state index contributed by atoms with van der Waals surface area (Å²) in [4.78, 5) is 0. The molecular weight excluding hydrogens is 440 g/mol. The number of hydrogen-bond acceptors (Lipinski definition) is 2. The van der Waals surface area contributed by atoms with E-state index in [1.807, 2.05) is 48.5 Å². The van der Waals surface area contributed by atoms with E-state index in [4.69, 9.17) is 9.47 Å². The summed E-state index contributed by atoms with van der Waals surface area (Å²) in [5.41, 5.74) is 9.38. The van der Waals surface area contributed by atoms with Gasteiger partial charge < -0.3 is 9.47 Å². The highest BCUT2D eigenvalue weighted by Gasteiger charge is 2.10. The average molecular weight is 469 g/mol. The molecule has 0 saturated heterocycles. The minimum atomic E-state index is 0.842. The van der Waals surface area contributed by atoms with Gasteiger partial charge >= 0.3 is 0 Å². The zero-order valence-corrected chi connectivity index (χ0v) is 20.7. The van der Waals surface area contributed by atoms with E-state index in [1.54, 1.807) is 14.2 Å². The van der Waals surface area contributed by atoms with Crippen molar-refractivity contribution in [2.45, 2.75) is 25.7 Å². The van der Waals surface area contributed by atoms with Gasteiger partial charge in [-0.05, 0) is 109 Å². The van der Waals surface area contributed by atoms with Crippen LogP contribution in [0.25, 0.3) is 0 Å². The van der Waals surface area contributed by atoms with Crippen molar-refractivity contribution < 1.29 is 9.47 Å². The number of aryl methyl sites for hydroxylation is 4. The first-order chi connectivity index (χ1) is 17.7. The van der Waals surface area contributed by atoms with Crippen molar-refractivity contribution in [2.75, 3.05) is 14.2 Å². The maximum absolute atomic E-state index is 5.26. The van der Waals surface area contributed by atoms with E-state index in [2.05, 4.69) is 60.1 Å². The predicted octanol–water partition coefficient (Wildman–Crippen LogP) is 6.39. The molecule has 0 unspecified atom stereocenters. The van der Waals surface area contributed by atoms with Crippen molar-refractivity contribution in [3.05, 3.63) is 129 Å². The Balaban J connectivity index is 1.43. The highest BCUT2D eigenvalue weighted by atomic mass is 16.5. The van der Waals surface area contributed by atoms with Gasteiger partial charge in [-0.25, -0.2) is 0 Å². The molecule has 4 aliphatic carbocycles. The van der Waals surface area contributed by atoms with E-state index in [0.717, 1.165) is 59.4 Å². The van der Waals surface area contributed by atoms with Crippen molar-refractivity contribution in [1.29, 1.82) is 0 Å². The molecule has 0 heterocycles. The van der Waals surface area contributed by atoms with Gasteiger partial charge in [0.15, 0.2) is 0 Å². The lowest BCUT2D eigenvalue weighted by molar-refractivity contribution is 0.414. The molecule has 0 spiro atoms. The Labute approximate surface area is 213 Å². The van der Waals surface area contributed by atoms with E-state index < -0.39 is 0 Å². The molecule has 36 heavy (non-hydrogen) atoms. The van der Waals surface area contributed by atoms with Crippen LogP contribution in [0.2, 0.25) is 0 Å². The second kappa shape index (κ2) is 10.9. The lowest BCUT2D eigenvalue weighted by atomic mass is 9.91. The van der Waals surface area contributed by atoms with Gasteiger partial charge in [-0.15, -0.1) is 0 Å². The zero-order valence-electron chi connectivity index (χ0n) is 20.7. The Bertz CT molecular complexity index is 1370. The summed E-state index contributed by atoms with van der Waals surface area (Å²) in [7, 11) is 3.35. The summed E-state index contributed by atoms with van der Waals surface area (Å²) in [6.07, 6.45) is 3.79. The Morgan fingerprint density at radius 2 is 0.889 bits per heavy atom. The first-order valence-corrected chi connectivity index (χ1v) is 12.3. The molecule has 176 valence electrons. The number of ether oxygens (including phenoxy) is 2. The van der Waals surface area contributed by atoms with Gasteiger partial charge in [-0.1, -0.05) is 47.9 Å². The third kappa shape index (κ3) is 5.63. The molecule has 0 fully saturated rings. The molecule has 4 aromatic rings. The number of rotatable bonds is 2. The first kappa shape index (κ1) is 23.3. The fourth-order valence-corrected chi connectivity index (χ4v) is 4.41. The molecule has 4 aliphatic rings. The SMILES string of the molecule is COc1ccc(C#Cc2cc3ccc2CCc2ccc(cc2C#Cc2ccc(OC)cc2)CC3)cc1. The van der Waals surface area contributed by atoms with Gasteiger partial charge in [-0.3, -0.25) is 0 Å². The van der Waals surface area contributed by atoms with Crippen LogP contribution < -0.4 is 9.47 Å². The molecule has 0 atom stereocenters. The quantitative estimate of drug-likeness (QED) is 0.318. The topological polar surface area (TPSA) is 18.5 Å². The van der Waals surface area contributed by atoms with Crippen molar-refractivity contribution in [2.24, 2.45) is 0 Å². The first-order valence-electron chi connectivity index (χ1n) is 12.3. The van der Waals surface area contributed by atoms with Crippen LogP contribution >= 0.6 is 0 Å². The van der Waals surface area contributed by atoms with Gasteiger partial charge in [0.25, 0.3) is 0 Å². The average Bonchev–Trinajstić information content (AvgIpc) is 2.93. The Kier molecular flexibility index (Phi) is 7.07. The molecule has 4 aromatic carbocycles. The molecule has 8 rings (SSSR count). The van der Waals surface area contributed by atoms with Gasteiger partial charge in [0.2, 0.25) is 0 Å². The third-order valence-electron chi connectivity index (χ3n) is 6.58.